The zero-order chi connectivity index (χ0) is 14.5. The van der Waals surface area contributed by atoms with Crippen LogP contribution >= 0.6 is 0 Å². The lowest BCUT2D eigenvalue weighted by atomic mass is 10.1. The van der Waals surface area contributed by atoms with Crippen molar-refractivity contribution in [2.24, 2.45) is 0 Å². The Morgan fingerprint density at radius 3 is 2.71 bits per heavy atom. The summed E-state index contributed by atoms with van der Waals surface area (Å²) in [5.74, 6) is 2.28. The molecule has 1 aliphatic carbocycles. The van der Waals surface area contributed by atoms with Crippen molar-refractivity contribution in [2.45, 2.75) is 25.4 Å². The maximum atomic E-state index is 8.66. The van der Waals surface area contributed by atoms with Gasteiger partial charge in [0, 0.05) is 24.2 Å². The van der Waals surface area contributed by atoms with Gasteiger partial charge in [0.1, 0.15) is 12.4 Å². The summed E-state index contributed by atoms with van der Waals surface area (Å²) < 4.78 is 21.8. The molecule has 1 saturated carbocycles. The van der Waals surface area contributed by atoms with Crippen LogP contribution in [0, 0.1) is 0 Å². The van der Waals surface area contributed by atoms with Crippen molar-refractivity contribution >= 4 is 0 Å². The van der Waals surface area contributed by atoms with E-state index in [1.807, 2.05) is 12.1 Å². The summed E-state index contributed by atoms with van der Waals surface area (Å²) >= 11 is 0. The van der Waals surface area contributed by atoms with Crippen LogP contribution in [-0.2, 0) is 11.3 Å². The van der Waals surface area contributed by atoms with Gasteiger partial charge in [0.2, 0.25) is 6.79 Å². The molecule has 2 N–H and O–H groups in total. The third-order valence-electron chi connectivity index (χ3n) is 3.44. The van der Waals surface area contributed by atoms with Gasteiger partial charge in [-0.1, -0.05) is 0 Å². The zero-order valence-corrected chi connectivity index (χ0v) is 12.0. The van der Waals surface area contributed by atoms with Crippen LogP contribution in [0.15, 0.2) is 12.1 Å². The number of fused-ring (bicyclic) bond motifs is 1. The van der Waals surface area contributed by atoms with E-state index in [1.54, 1.807) is 0 Å². The average molecular weight is 295 g/mol. The van der Waals surface area contributed by atoms with E-state index in [2.05, 4.69) is 5.32 Å². The Morgan fingerprint density at radius 1 is 1.14 bits per heavy atom. The molecule has 0 bridgehead atoms. The van der Waals surface area contributed by atoms with E-state index >= 15 is 0 Å². The van der Waals surface area contributed by atoms with E-state index in [-0.39, 0.29) is 13.4 Å². The number of aliphatic hydroxyl groups excluding tert-OH is 1. The molecule has 3 rings (SSSR count). The molecule has 0 radical (unpaired) electrons. The molecule has 0 amide bonds. The fourth-order valence-corrected chi connectivity index (χ4v) is 2.16. The molecule has 0 unspecified atom stereocenters. The minimum Gasteiger partial charge on any atom is -0.491 e. The van der Waals surface area contributed by atoms with E-state index in [4.69, 9.17) is 24.1 Å². The van der Waals surface area contributed by atoms with Gasteiger partial charge < -0.3 is 29.4 Å². The number of aliphatic hydroxyl groups is 1. The second-order valence-corrected chi connectivity index (χ2v) is 5.15. The first-order valence-electron chi connectivity index (χ1n) is 7.34. The van der Waals surface area contributed by atoms with Gasteiger partial charge in [-0.05, 0) is 18.9 Å². The summed E-state index contributed by atoms with van der Waals surface area (Å²) in [6.45, 7) is 2.27. The molecule has 1 aromatic rings. The van der Waals surface area contributed by atoms with Crippen molar-refractivity contribution in [2.75, 3.05) is 33.2 Å². The van der Waals surface area contributed by atoms with Crippen molar-refractivity contribution in [1.82, 2.24) is 5.32 Å². The van der Waals surface area contributed by atoms with Gasteiger partial charge in [-0.2, -0.15) is 0 Å². The Morgan fingerprint density at radius 2 is 1.95 bits per heavy atom. The summed E-state index contributed by atoms with van der Waals surface area (Å²) in [7, 11) is 0. The predicted octanol–water partition coefficient (Wildman–Crippen LogP) is 1.05. The smallest absolute Gasteiger partial charge is 0.231 e. The number of benzene rings is 1. The molecule has 1 heterocycles. The fourth-order valence-electron chi connectivity index (χ4n) is 2.16. The Kier molecular flexibility index (Phi) is 4.80. The second kappa shape index (κ2) is 6.98. The third-order valence-corrected chi connectivity index (χ3v) is 3.44. The highest BCUT2D eigenvalue weighted by Crippen LogP contribution is 2.38. The van der Waals surface area contributed by atoms with Gasteiger partial charge in [-0.15, -0.1) is 0 Å². The van der Waals surface area contributed by atoms with Crippen LogP contribution in [0.4, 0.5) is 0 Å². The second-order valence-electron chi connectivity index (χ2n) is 5.15. The molecule has 0 spiro atoms. The lowest BCUT2D eigenvalue weighted by Crippen LogP contribution is -2.17. The highest BCUT2D eigenvalue weighted by Gasteiger charge is 2.22. The van der Waals surface area contributed by atoms with Gasteiger partial charge in [-0.3, -0.25) is 0 Å². The predicted molar refractivity (Wildman–Crippen MR) is 75.8 cm³/mol. The van der Waals surface area contributed by atoms with Crippen LogP contribution in [0.3, 0.4) is 0 Å². The van der Waals surface area contributed by atoms with Crippen molar-refractivity contribution in [1.29, 1.82) is 0 Å². The number of ether oxygens (including phenoxy) is 4. The summed E-state index contributed by atoms with van der Waals surface area (Å²) in [5.41, 5.74) is 1.06. The molecule has 0 atom stereocenters. The summed E-state index contributed by atoms with van der Waals surface area (Å²) in [4.78, 5) is 0. The largest absolute Gasteiger partial charge is 0.491 e. The Bertz CT molecular complexity index is 475. The SMILES string of the molecule is OCCOCCOc1cc2c(cc1CNC1CC1)OCO2. The maximum absolute atomic E-state index is 8.66. The summed E-state index contributed by atoms with van der Waals surface area (Å²) in [6, 6.07) is 4.48. The van der Waals surface area contributed by atoms with Gasteiger partial charge in [-0.25, -0.2) is 0 Å². The van der Waals surface area contributed by atoms with Crippen LogP contribution in [0.5, 0.6) is 17.2 Å². The number of rotatable bonds is 9. The molecular formula is C15H21NO5. The third kappa shape index (κ3) is 4.00. The number of hydrogen-bond acceptors (Lipinski definition) is 6. The van der Waals surface area contributed by atoms with Crippen molar-refractivity contribution in [3.63, 3.8) is 0 Å². The molecule has 116 valence electrons. The molecule has 1 aromatic carbocycles. The van der Waals surface area contributed by atoms with Crippen molar-refractivity contribution < 1.29 is 24.1 Å². The lowest BCUT2D eigenvalue weighted by molar-refractivity contribution is 0.0702. The van der Waals surface area contributed by atoms with Crippen LogP contribution in [-0.4, -0.2) is 44.4 Å². The zero-order valence-electron chi connectivity index (χ0n) is 12.0. The minimum atomic E-state index is 0.0284. The van der Waals surface area contributed by atoms with E-state index in [0.29, 0.717) is 25.9 Å². The van der Waals surface area contributed by atoms with Crippen molar-refractivity contribution in [3.8, 4) is 17.2 Å². The molecule has 1 aliphatic heterocycles. The van der Waals surface area contributed by atoms with Crippen LogP contribution in [0.2, 0.25) is 0 Å². The highest BCUT2D eigenvalue weighted by atomic mass is 16.7. The number of nitrogens with one attached hydrogen (secondary N) is 1. The monoisotopic (exact) mass is 295 g/mol. The maximum Gasteiger partial charge on any atom is 0.231 e. The minimum absolute atomic E-state index is 0.0284. The lowest BCUT2D eigenvalue weighted by Gasteiger charge is -2.13. The van der Waals surface area contributed by atoms with Crippen LogP contribution < -0.4 is 19.5 Å². The van der Waals surface area contributed by atoms with Gasteiger partial charge in [0.25, 0.3) is 0 Å². The summed E-state index contributed by atoms with van der Waals surface area (Å²) in [5, 5.41) is 12.1. The molecule has 2 aliphatic rings. The molecule has 1 fully saturated rings. The molecule has 0 saturated heterocycles. The molecule has 0 aromatic heterocycles. The highest BCUT2D eigenvalue weighted by molar-refractivity contribution is 5.51. The van der Waals surface area contributed by atoms with Gasteiger partial charge in [0.15, 0.2) is 11.5 Å². The molecule has 6 nitrogen and oxygen atoms in total. The van der Waals surface area contributed by atoms with Gasteiger partial charge >= 0.3 is 0 Å². The molecule has 6 heteroatoms. The van der Waals surface area contributed by atoms with Crippen LogP contribution in [0.1, 0.15) is 18.4 Å². The average Bonchev–Trinajstić information content (AvgIpc) is 3.21. The quantitative estimate of drug-likeness (QED) is 0.664. The van der Waals surface area contributed by atoms with E-state index in [0.717, 1.165) is 29.4 Å². The first-order chi connectivity index (χ1) is 10.4. The Hall–Kier alpha value is -1.50. The van der Waals surface area contributed by atoms with E-state index in [1.165, 1.54) is 12.8 Å². The fraction of sp³-hybridized carbons (Fsp3) is 0.600. The first kappa shape index (κ1) is 14.4. The van der Waals surface area contributed by atoms with E-state index < -0.39 is 0 Å². The normalized spacial score (nSPS) is 16.2. The first-order valence-corrected chi connectivity index (χ1v) is 7.34. The Labute approximate surface area is 124 Å². The van der Waals surface area contributed by atoms with E-state index in [9.17, 15) is 0 Å². The standard InChI is InChI=1S/C15H21NO5/c17-3-4-18-5-6-19-13-8-15-14(20-10-21-15)7-11(13)9-16-12-1-2-12/h7-8,12,16-17H,1-6,9-10H2. The Balaban J connectivity index is 1.61. The topological polar surface area (TPSA) is 69.2 Å². The molecule has 21 heavy (non-hydrogen) atoms. The number of hydrogen-bond donors (Lipinski definition) is 2. The molecular weight excluding hydrogens is 274 g/mol. The van der Waals surface area contributed by atoms with Gasteiger partial charge in [0.05, 0.1) is 19.8 Å². The summed E-state index contributed by atoms with van der Waals surface area (Å²) in [6.07, 6.45) is 2.49. The van der Waals surface area contributed by atoms with Crippen molar-refractivity contribution in [3.05, 3.63) is 17.7 Å². The van der Waals surface area contributed by atoms with Crippen LogP contribution in [0.25, 0.3) is 0 Å².